The average Bonchev–Trinajstić information content (AvgIpc) is 3.11. The monoisotopic (exact) mass is 671 g/mol. The van der Waals surface area contributed by atoms with Crippen molar-refractivity contribution in [3.8, 4) is 0 Å². The molecule has 1 aliphatic heterocycles. The topological polar surface area (TPSA) is 61.9 Å². The van der Waals surface area contributed by atoms with Gasteiger partial charge in [0.05, 0.1) is 6.61 Å². The van der Waals surface area contributed by atoms with Crippen LogP contribution in [0.1, 0.15) is 93.9 Å². The van der Waals surface area contributed by atoms with Crippen LogP contribution in [0.2, 0.25) is 0 Å². The number of carbonyl (C=O) groups excluding carboxylic acids is 2. The van der Waals surface area contributed by atoms with E-state index >= 15 is 0 Å². The quantitative estimate of drug-likeness (QED) is 0.108. The molecule has 1 heterocycles. The van der Waals surface area contributed by atoms with E-state index in [0.717, 1.165) is 89.4 Å². The van der Waals surface area contributed by atoms with Crippen LogP contribution in [0.15, 0.2) is 84.9 Å². The maximum absolute atomic E-state index is 12.4. The standard InChI is InChI=1S/C41H57N3O3S/c1-35(45)48-34-15-7-5-3-2-4-6-14-22-40(46)42-39-25-23-36(24-26-39)17-16-27-43-28-30-44(31-29-43)32-33-47-41(37-18-10-8-11-19-37)38-20-12-9-13-21-38/h8-13,18-21,23-26,41H,2-7,14-17,22,27-34H2,1H3,(H,42,46). The summed E-state index contributed by atoms with van der Waals surface area (Å²) in [4.78, 5) is 28.5. The Labute approximate surface area is 294 Å². The molecule has 7 heteroatoms. The molecule has 6 nitrogen and oxygen atoms in total. The lowest BCUT2D eigenvalue weighted by Gasteiger charge is -2.35. The normalized spacial score (nSPS) is 14.0. The minimum Gasteiger partial charge on any atom is -0.367 e. The number of amides is 1. The molecule has 3 aromatic carbocycles. The van der Waals surface area contributed by atoms with Crippen LogP contribution in [0.5, 0.6) is 0 Å². The number of hydrogen-bond acceptors (Lipinski definition) is 6. The number of piperazine rings is 1. The molecule has 0 radical (unpaired) electrons. The summed E-state index contributed by atoms with van der Waals surface area (Å²) in [6.07, 6.45) is 12.1. The van der Waals surface area contributed by atoms with Crippen molar-refractivity contribution in [2.45, 2.75) is 83.7 Å². The highest BCUT2D eigenvalue weighted by Crippen LogP contribution is 2.25. The molecule has 0 saturated carbocycles. The summed E-state index contributed by atoms with van der Waals surface area (Å²) < 4.78 is 6.45. The van der Waals surface area contributed by atoms with E-state index in [1.54, 1.807) is 6.92 Å². The highest BCUT2D eigenvalue weighted by atomic mass is 32.2. The van der Waals surface area contributed by atoms with Gasteiger partial charge in [-0.25, -0.2) is 0 Å². The molecule has 48 heavy (non-hydrogen) atoms. The van der Waals surface area contributed by atoms with Crippen LogP contribution in [-0.4, -0.2) is 72.5 Å². The summed E-state index contributed by atoms with van der Waals surface area (Å²) >= 11 is 1.44. The van der Waals surface area contributed by atoms with E-state index in [2.05, 4.69) is 87.9 Å². The number of thioether (sulfide) groups is 1. The number of rotatable bonds is 22. The maximum atomic E-state index is 12.4. The smallest absolute Gasteiger partial charge is 0.224 e. The molecule has 0 aromatic heterocycles. The van der Waals surface area contributed by atoms with Crippen molar-refractivity contribution in [2.75, 3.05) is 56.9 Å². The molecule has 0 unspecified atom stereocenters. The van der Waals surface area contributed by atoms with Crippen molar-refractivity contribution in [1.29, 1.82) is 0 Å². The zero-order chi connectivity index (χ0) is 33.7. The van der Waals surface area contributed by atoms with Crippen molar-refractivity contribution >= 4 is 28.5 Å². The van der Waals surface area contributed by atoms with Crippen LogP contribution in [0.3, 0.4) is 0 Å². The molecular formula is C41H57N3O3S. The Morgan fingerprint density at radius 1 is 0.688 bits per heavy atom. The number of unbranched alkanes of at least 4 members (excludes halogenated alkanes) is 7. The van der Waals surface area contributed by atoms with Gasteiger partial charge in [0, 0.05) is 57.5 Å². The average molecular weight is 672 g/mol. The molecule has 1 saturated heterocycles. The zero-order valence-electron chi connectivity index (χ0n) is 29.1. The van der Waals surface area contributed by atoms with E-state index in [0.29, 0.717) is 6.42 Å². The largest absolute Gasteiger partial charge is 0.367 e. The predicted octanol–water partition coefficient (Wildman–Crippen LogP) is 8.77. The number of aryl methyl sites for hydroxylation is 1. The maximum Gasteiger partial charge on any atom is 0.224 e. The second-order valence-electron chi connectivity index (χ2n) is 13.0. The summed E-state index contributed by atoms with van der Waals surface area (Å²) in [7, 11) is 0. The first-order chi connectivity index (χ1) is 23.6. The van der Waals surface area contributed by atoms with Crippen molar-refractivity contribution < 1.29 is 14.3 Å². The first kappa shape index (κ1) is 37.8. The molecule has 0 aliphatic carbocycles. The molecule has 0 bridgehead atoms. The van der Waals surface area contributed by atoms with Gasteiger partial charge in [0.15, 0.2) is 5.12 Å². The van der Waals surface area contributed by atoms with Crippen molar-refractivity contribution in [2.24, 2.45) is 0 Å². The third-order valence-electron chi connectivity index (χ3n) is 9.14. The summed E-state index contributed by atoms with van der Waals surface area (Å²) in [5.41, 5.74) is 4.62. The van der Waals surface area contributed by atoms with Gasteiger partial charge in [-0.1, -0.05) is 123 Å². The Balaban J connectivity index is 1.01. The molecule has 1 fully saturated rings. The number of nitrogens with one attached hydrogen (secondary N) is 1. The molecule has 1 amide bonds. The minimum absolute atomic E-state index is 0.0317. The van der Waals surface area contributed by atoms with Crippen LogP contribution < -0.4 is 5.32 Å². The molecular weight excluding hydrogens is 615 g/mol. The highest BCUT2D eigenvalue weighted by molar-refractivity contribution is 8.13. The zero-order valence-corrected chi connectivity index (χ0v) is 29.9. The molecule has 0 atom stereocenters. The fourth-order valence-electron chi connectivity index (χ4n) is 6.33. The minimum atomic E-state index is -0.0317. The Kier molecular flexibility index (Phi) is 17.8. The third kappa shape index (κ3) is 15.1. The molecule has 4 rings (SSSR count). The van der Waals surface area contributed by atoms with Crippen molar-refractivity contribution in [1.82, 2.24) is 9.80 Å². The molecule has 260 valence electrons. The summed E-state index contributed by atoms with van der Waals surface area (Å²) in [6, 6.07) is 29.4. The lowest BCUT2D eigenvalue weighted by atomic mass is 10.0. The Bertz CT molecular complexity index is 1260. The molecule has 1 N–H and O–H groups in total. The first-order valence-corrected chi connectivity index (χ1v) is 19.2. The van der Waals surface area contributed by atoms with Gasteiger partial charge in [-0.15, -0.1) is 0 Å². The van der Waals surface area contributed by atoms with Gasteiger partial charge in [0.1, 0.15) is 6.10 Å². The fourth-order valence-corrected chi connectivity index (χ4v) is 6.96. The van der Waals surface area contributed by atoms with E-state index in [9.17, 15) is 9.59 Å². The van der Waals surface area contributed by atoms with Gasteiger partial charge in [0.25, 0.3) is 0 Å². The van der Waals surface area contributed by atoms with Gasteiger partial charge >= 0.3 is 0 Å². The van der Waals surface area contributed by atoms with E-state index in [-0.39, 0.29) is 17.1 Å². The lowest BCUT2D eigenvalue weighted by molar-refractivity contribution is -0.116. The number of benzene rings is 3. The lowest BCUT2D eigenvalue weighted by Crippen LogP contribution is -2.47. The number of hydrogen-bond donors (Lipinski definition) is 1. The second-order valence-corrected chi connectivity index (χ2v) is 14.3. The number of ether oxygens (including phenoxy) is 1. The van der Waals surface area contributed by atoms with Crippen LogP contribution in [0.25, 0.3) is 0 Å². The number of anilines is 1. The van der Waals surface area contributed by atoms with Gasteiger partial charge in [-0.3, -0.25) is 14.5 Å². The van der Waals surface area contributed by atoms with Gasteiger partial charge in [0.2, 0.25) is 5.91 Å². The summed E-state index contributed by atoms with van der Waals surface area (Å²) in [5, 5.41) is 3.29. The number of nitrogens with zero attached hydrogens (tertiary/aromatic N) is 2. The van der Waals surface area contributed by atoms with Crippen molar-refractivity contribution in [3.05, 3.63) is 102 Å². The second kappa shape index (κ2) is 22.6. The summed E-state index contributed by atoms with van der Waals surface area (Å²) in [6.45, 7) is 8.81. The molecule has 0 spiro atoms. The molecule has 3 aromatic rings. The Morgan fingerprint density at radius 3 is 1.81 bits per heavy atom. The SMILES string of the molecule is CC(=O)SCCCCCCCCCCC(=O)Nc1ccc(CCCN2CCN(CCOC(c3ccccc3)c3ccccc3)CC2)cc1. The van der Waals surface area contributed by atoms with Crippen LogP contribution >= 0.6 is 11.8 Å². The van der Waals surface area contributed by atoms with E-state index in [1.165, 1.54) is 60.6 Å². The van der Waals surface area contributed by atoms with E-state index in [1.807, 2.05) is 12.1 Å². The fraction of sp³-hybridized carbons (Fsp3) is 0.512. The third-order valence-corrected chi connectivity index (χ3v) is 10.0. The van der Waals surface area contributed by atoms with Gasteiger partial charge < -0.3 is 15.0 Å². The Morgan fingerprint density at radius 2 is 1.23 bits per heavy atom. The van der Waals surface area contributed by atoms with Gasteiger partial charge in [-0.05, 0) is 61.1 Å². The van der Waals surface area contributed by atoms with Crippen LogP contribution in [0.4, 0.5) is 5.69 Å². The van der Waals surface area contributed by atoms with Crippen LogP contribution in [0, 0.1) is 0 Å². The van der Waals surface area contributed by atoms with E-state index in [4.69, 9.17) is 4.74 Å². The van der Waals surface area contributed by atoms with Gasteiger partial charge in [-0.2, -0.15) is 0 Å². The Hall–Kier alpha value is -2.97. The first-order valence-electron chi connectivity index (χ1n) is 18.2. The summed E-state index contributed by atoms with van der Waals surface area (Å²) in [5.74, 6) is 1.07. The van der Waals surface area contributed by atoms with Crippen molar-refractivity contribution in [3.63, 3.8) is 0 Å². The highest BCUT2D eigenvalue weighted by Gasteiger charge is 2.18. The van der Waals surface area contributed by atoms with E-state index < -0.39 is 0 Å². The molecule has 1 aliphatic rings. The predicted molar refractivity (Wildman–Crippen MR) is 202 cm³/mol. The van der Waals surface area contributed by atoms with Crippen LogP contribution in [-0.2, 0) is 20.7 Å². The number of carbonyl (C=O) groups is 2.